The zero-order valence-corrected chi connectivity index (χ0v) is 19.8. The number of nitrogens with one attached hydrogen (secondary N) is 1. The Bertz CT molecular complexity index is 1050. The van der Waals surface area contributed by atoms with E-state index >= 15 is 0 Å². The van der Waals surface area contributed by atoms with Crippen LogP contribution in [0, 0.1) is 11.7 Å². The molecule has 2 heterocycles. The van der Waals surface area contributed by atoms with Gasteiger partial charge >= 0.3 is 0 Å². The van der Waals surface area contributed by atoms with Crippen molar-refractivity contribution in [3.05, 3.63) is 70.5 Å². The quantitative estimate of drug-likeness (QED) is 0.692. The molecule has 0 aromatic heterocycles. The molecule has 0 spiro atoms. The maximum absolute atomic E-state index is 13.6. The van der Waals surface area contributed by atoms with Gasteiger partial charge in [-0.05, 0) is 68.4 Å². The Kier molecular flexibility index (Phi) is 7.83. The van der Waals surface area contributed by atoms with Crippen LogP contribution in [0.4, 0.5) is 4.39 Å². The summed E-state index contributed by atoms with van der Waals surface area (Å²) in [4.78, 5) is 42.8. The number of hydrogen-bond acceptors (Lipinski definition) is 3. The van der Waals surface area contributed by atoms with Crippen LogP contribution in [-0.4, -0.2) is 59.7 Å². The molecule has 0 radical (unpaired) electrons. The molecule has 2 aliphatic heterocycles. The molecule has 3 amide bonds. The minimum atomic E-state index is -0.687. The van der Waals surface area contributed by atoms with Crippen LogP contribution >= 0.6 is 11.6 Å². The van der Waals surface area contributed by atoms with Gasteiger partial charge in [0.1, 0.15) is 11.9 Å². The molecule has 2 aliphatic rings. The van der Waals surface area contributed by atoms with Gasteiger partial charge in [0.25, 0.3) is 11.8 Å². The van der Waals surface area contributed by atoms with Gasteiger partial charge < -0.3 is 15.1 Å². The molecule has 2 aromatic rings. The van der Waals surface area contributed by atoms with E-state index in [0.29, 0.717) is 55.2 Å². The lowest BCUT2D eigenvalue weighted by molar-refractivity contribution is -0.136. The highest BCUT2D eigenvalue weighted by Gasteiger charge is 2.36. The average molecular weight is 486 g/mol. The van der Waals surface area contributed by atoms with Crippen LogP contribution in [-0.2, 0) is 4.79 Å². The Morgan fingerprint density at radius 3 is 2.29 bits per heavy atom. The number of carbonyl (C=O) groups excluding carboxylic acids is 3. The second-order valence-corrected chi connectivity index (χ2v) is 9.36. The summed E-state index contributed by atoms with van der Waals surface area (Å²) in [5.41, 5.74) is 0.644. The summed E-state index contributed by atoms with van der Waals surface area (Å²) in [6.45, 7) is 2.25. The van der Waals surface area contributed by atoms with Crippen molar-refractivity contribution in [3.63, 3.8) is 0 Å². The van der Waals surface area contributed by atoms with Gasteiger partial charge in [-0.2, -0.15) is 0 Å². The van der Waals surface area contributed by atoms with Crippen LogP contribution in [0.2, 0.25) is 5.02 Å². The zero-order chi connectivity index (χ0) is 24.1. The van der Waals surface area contributed by atoms with Gasteiger partial charge in [0.05, 0.1) is 10.6 Å². The van der Waals surface area contributed by atoms with E-state index in [1.807, 2.05) is 4.90 Å². The third-order valence-corrected chi connectivity index (χ3v) is 7.04. The molecule has 1 atom stereocenters. The third kappa shape index (κ3) is 5.58. The summed E-state index contributed by atoms with van der Waals surface area (Å²) >= 11 is 6.21. The number of rotatable bonds is 5. The van der Waals surface area contributed by atoms with Gasteiger partial charge in [-0.25, -0.2) is 4.39 Å². The summed E-state index contributed by atoms with van der Waals surface area (Å²) in [6, 6.07) is 11.8. The molecular formula is C26H29ClFN3O3. The lowest BCUT2D eigenvalue weighted by atomic mass is 9.87. The number of piperidine rings is 2. The Balaban J connectivity index is 1.47. The second kappa shape index (κ2) is 11.0. The highest BCUT2D eigenvalue weighted by molar-refractivity contribution is 6.33. The first-order valence-corrected chi connectivity index (χ1v) is 12.2. The Morgan fingerprint density at radius 2 is 1.62 bits per heavy atom. The molecule has 6 nitrogen and oxygen atoms in total. The van der Waals surface area contributed by atoms with Gasteiger partial charge in [-0.1, -0.05) is 29.8 Å². The average Bonchev–Trinajstić information content (AvgIpc) is 2.87. The molecule has 8 heteroatoms. The van der Waals surface area contributed by atoms with Crippen molar-refractivity contribution in [3.8, 4) is 0 Å². The fourth-order valence-corrected chi connectivity index (χ4v) is 5.02. The van der Waals surface area contributed by atoms with Crippen LogP contribution in [0.3, 0.4) is 0 Å². The van der Waals surface area contributed by atoms with E-state index in [-0.39, 0.29) is 23.6 Å². The molecule has 0 aliphatic carbocycles. The minimum Gasteiger partial charge on any atom is -0.341 e. The smallest absolute Gasteiger partial charge is 0.253 e. The number of likely N-dealkylation sites (tertiary alicyclic amines) is 2. The lowest BCUT2D eigenvalue weighted by Crippen LogP contribution is -2.55. The Labute approximate surface area is 204 Å². The molecular weight excluding hydrogens is 457 g/mol. The van der Waals surface area contributed by atoms with E-state index < -0.39 is 11.9 Å². The van der Waals surface area contributed by atoms with Gasteiger partial charge in [-0.3, -0.25) is 14.4 Å². The largest absolute Gasteiger partial charge is 0.341 e. The highest BCUT2D eigenvalue weighted by Crippen LogP contribution is 2.25. The first kappa shape index (κ1) is 24.2. The highest BCUT2D eigenvalue weighted by atomic mass is 35.5. The molecule has 0 saturated carbocycles. The van der Waals surface area contributed by atoms with Crippen LogP contribution in [0.25, 0.3) is 0 Å². The van der Waals surface area contributed by atoms with E-state index in [9.17, 15) is 18.8 Å². The SMILES string of the molecule is O=C(N[C@@H](C(=O)N1CCCCC1)C1CCN(C(=O)c2cccc(F)c2)CC1)c1ccccc1Cl. The predicted octanol–water partition coefficient (Wildman–Crippen LogP) is 4.14. The van der Waals surface area contributed by atoms with Gasteiger partial charge in [0, 0.05) is 31.7 Å². The van der Waals surface area contributed by atoms with E-state index in [1.165, 1.54) is 18.2 Å². The molecule has 2 aromatic carbocycles. The monoisotopic (exact) mass is 485 g/mol. The van der Waals surface area contributed by atoms with Crippen molar-refractivity contribution in [1.82, 2.24) is 15.1 Å². The maximum Gasteiger partial charge on any atom is 0.253 e. The summed E-state index contributed by atoms with van der Waals surface area (Å²) in [5.74, 6) is -1.24. The van der Waals surface area contributed by atoms with Crippen molar-refractivity contribution in [1.29, 1.82) is 0 Å². The fraction of sp³-hybridized carbons (Fsp3) is 0.423. The Morgan fingerprint density at radius 1 is 0.912 bits per heavy atom. The molecule has 4 rings (SSSR count). The van der Waals surface area contributed by atoms with Gasteiger partial charge in [-0.15, -0.1) is 0 Å². The van der Waals surface area contributed by atoms with Gasteiger partial charge in [0.15, 0.2) is 0 Å². The lowest BCUT2D eigenvalue weighted by Gasteiger charge is -2.38. The fourth-order valence-electron chi connectivity index (χ4n) is 4.80. The molecule has 1 N–H and O–H groups in total. The predicted molar refractivity (Wildman–Crippen MR) is 128 cm³/mol. The van der Waals surface area contributed by atoms with E-state index in [0.717, 1.165) is 19.3 Å². The topological polar surface area (TPSA) is 69.7 Å². The van der Waals surface area contributed by atoms with E-state index in [2.05, 4.69) is 5.32 Å². The number of nitrogens with zero attached hydrogens (tertiary/aromatic N) is 2. The third-order valence-electron chi connectivity index (χ3n) is 6.71. The standard InChI is InChI=1S/C26H29ClFN3O3/c27-22-10-3-2-9-21(22)24(32)29-23(26(34)30-13-4-1-5-14-30)18-11-15-31(16-12-18)25(33)19-7-6-8-20(28)17-19/h2-3,6-10,17-18,23H,1,4-5,11-16H2,(H,29,32)/t23-/m1/s1. The van der Waals surface area contributed by atoms with Crippen LogP contribution < -0.4 is 5.32 Å². The number of hydrogen-bond donors (Lipinski definition) is 1. The van der Waals surface area contributed by atoms with E-state index in [4.69, 9.17) is 11.6 Å². The van der Waals surface area contributed by atoms with Crippen molar-refractivity contribution in [2.45, 2.75) is 38.1 Å². The normalized spacial score (nSPS) is 17.8. The van der Waals surface area contributed by atoms with Gasteiger partial charge in [0.2, 0.25) is 5.91 Å². The van der Waals surface area contributed by atoms with Crippen molar-refractivity contribution < 1.29 is 18.8 Å². The number of amides is 3. The van der Waals surface area contributed by atoms with Crippen LogP contribution in [0.15, 0.2) is 48.5 Å². The van der Waals surface area contributed by atoms with Crippen molar-refractivity contribution >= 4 is 29.3 Å². The summed E-state index contributed by atoms with van der Waals surface area (Å²) in [6.07, 6.45) is 4.14. The maximum atomic E-state index is 13.6. The molecule has 0 unspecified atom stereocenters. The Hall–Kier alpha value is -2.93. The van der Waals surface area contributed by atoms with Crippen molar-refractivity contribution in [2.75, 3.05) is 26.2 Å². The van der Waals surface area contributed by atoms with E-state index in [1.54, 1.807) is 35.2 Å². The summed E-state index contributed by atoms with van der Waals surface area (Å²) < 4.78 is 13.6. The summed E-state index contributed by atoms with van der Waals surface area (Å²) in [5, 5.41) is 3.29. The molecule has 0 bridgehead atoms. The number of benzene rings is 2. The first-order valence-electron chi connectivity index (χ1n) is 11.8. The summed E-state index contributed by atoms with van der Waals surface area (Å²) in [7, 11) is 0. The molecule has 2 saturated heterocycles. The van der Waals surface area contributed by atoms with Crippen LogP contribution in [0.5, 0.6) is 0 Å². The number of halogens is 2. The van der Waals surface area contributed by atoms with Crippen molar-refractivity contribution in [2.24, 2.45) is 5.92 Å². The zero-order valence-electron chi connectivity index (χ0n) is 19.0. The molecule has 2 fully saturated rings. The van der Waals surface area contributed by atoms with Crippen LogP contribution in [0.1, 0.15) is 52.8 Å². The second-order valence-electron chi connectivity index (χ2n) is 8.96. The first-order chi connectivity index (χ1) is 16.4. The molecule has 180 valence electrons. The molecule has 34 heavy (non-hydrogen) atoms. The minimum absolute atomic E-state index is 0.0741. The number of carbonyl (C=O) groups is 3.